The maximum absolute atomic E-state index is 11.5. The summed E-state index contributed by atoms with van der Waals surface area (Å²) >= 11 is 0. The van der Waals surface area contributed by atoms with Crippen molar-refractivity contribution in [3.63, 3.8) is 0 Å². The Hall–Kier alpha value is -1.40. The highest BCUT2D eigenvalue weighted by Crippen LogP contribution is 2.16. The Labute approximate surface area is 102 Å². The van der Waals surface area contributed by atoms with Crippen LogP contribution in [0.1, 0.15) is 18.5 Å². The topological polar surface area (TPSA) is 76.2 Å². The Morgan fingerprint density at radius 1 is 1.71 bits per heavy atom. The minimum atomic E-state index is 0.0114. The normalized spacial score (nSPS) is 12.8. The second kappa shape index (κ2) is 6.36. The number of carbonyl (C=O) groups is 1. The molecule has 1 heterocycles. The lowest BCUT2D eigenvalue weighted by molar-refractivity contribution is -0.122. The first-order valence-electron chi connectivity index (χ1n) is 5.74. The third kappa shape index (κ3) is 3.83. The summed E-state index contributed by atoms with van der Waals surface area (Å²) < 4.78 is 1.73. The summed E-state index contributed by atoms with van der Waals surface area (Å²) in [6, 6.07) is 0.0197. The second-order valence-corrected chi connectivity index (χ2v) is 4.07. The van der Waals surface area contributed by atoms with Gasteiger partial charge in [-0.05, 0) is 14.0 Å². The van der Waals surface area contributed by atoms with Crippen LogP contribution < -0.4 is 11.1 Å². The van der Waals surface area contributed by atoms with Crippen molar-refractivity contribution in [3.8, 4) is 0 Å². The van der Waals surface area contributed by atoms with Crippen molar-refractivity contribution in [1.82, 2.24) is 20.0 Å². The molecular formula is C11H21N5O. The lowest BCUT2D eigenvalue weighted by atomic mass is 10.1. The quantitative estimate of drug-likeness (QED) is 0.701. The number of nitrogens with two attached hydrogens (primary N) is 1. The summed E-state index contributed by atoms with van der Waals surface area (Å²) in [5, 5.41) is 6.89. The van der Waals surface area contributed by atoms with Gasteiger partial charge in [0.1, 0.15) is 0 Å². The average molecular weight is 239 g/mol. The van der Waals surface area contributed by atoms with E-state index in [1.54, 1.807) is 10.9 Å². The number of amides is 1. The number of likely N-dealkylation sites (N-methyl/N-ethyl adjacent to an activating group) is 2. The zero-order valence-corrected chi connectivity index (χ0v) is 10.7. The molecule has 6 heteroatoms. The molecule has 0 radical (unpaired) electrons. The van der Waals surface area contributed by atoms with Crippen LogP contribution in [0.15, 0.2) is 12.4 Å². The lowest BCUT2D eigenvalue weighted by Crippen LogP contribution is -2.39. The molecular weight excluding hydrogens is 218 g/mol. The van der Waals surface area contributed by atoms with Gasteiger partial charge in [0.15, 0.2) is 0 Å². The molecule has 17 heavy (non-hydrogen) atoms. The SMILES string of the molecule is CCNC(=O)CN(C)C(CN)c1cnn(C)c1. The molecule has 0 aromatic carbocycles. The molecule has 0 aliphatic heterocycles. The van der Waals surface area contributed by atoms with E-state index in [-0.39, 0.29) is 11.9 Å². The predicted octanol–water partition coefficient (Wildman–Crippen LogP) is -0.512. The number of nitrogens with zero attached hydrogens (tertiary/aromatic N) is 3. The molecule has 0 bridgehead atoms. The number of hydrogen-bond donors (Lipinski definition) is 2. The van der Waals surface area contributed by atoms with Crippen LogP contribution in [0.25, 0.3) is 0 Å². The average Bonchev–Trinajstić information content (AvgIpc) is 2.66. The highest BCUT2D eigenvalue weighted by Gasteiger charge is 2.18. The lowest BCUT2D eigenvalue weighted by Gasteiger charge is -2.25. The van der Waals surface area contributed by atoms with Crippen LogP contribution in [-0.4, -0.2) is 47.3 Å². The molecule has 1 amide bonds. The molecule has 0 aliphatic rings. The summed E-state index contributed by atoms with van der Waals surface area (Å²) in [4.78, 5) is 13.4. The maximum Gasteiger partial charge on any atom is 0.234 e. The molecule has 1 atom stereocenters. The molecule has 1 unspecified atom stereocenters. The zero-order valence-electron chi connectivity index (χ0n) is 10.7. The van der Waals surface area contributed by atoms with E-state index < -0.39 is 0 Å². The molecule has 6 nitrogen and oxygen atoms in total. The Balaban J connectivity index is 2.64. The van der Waals surface area contributed by atoms with E-state index in [0.717, 1.165) is 5.56 Å². The number of aromatic nitrogens is 2. The van der Waals surface area contributed by atoms with Crippen molar-refractivity contribution in [2.45, 2.75) is 13.0 Å². The molecule has 1 aromatic heterocycles. The number of carbonyl (C=O) groups excluding carboxylic acids is 1. The molecule has 96 valence electrons. The van der Waals surface area contributed by atoms with Crippen molar-refractivity contribution in [2.75, 3.05) is 26.7 Å². The third-order valence-corrected chi connectivity index (χ3v) is 2.63. The Bertz CT molecular complexity index is 362. The minimum absolute atomic E-state index is 0.0114. The fourth-order valence-electron chi connectivity index (χ4n) is 1.77. The van der Waals surface area contributed by atoms with Gasteiger partial charge in [-0.2, -0.15) is 5.10 Å². The van der Waals surface area contributed by atoms with Crippen molar-refractivity contribution >= 4 is 5.91 Å². The van der Waals surface area contributed by atoms with Crippen molar-refractivity contribution in [1.29, 1.82) is 0 Å². The summed E-state index contributed by atoms with van der Waals surface area (Å²) in [5.74, 6) is 0.0114. The van der Waals surface area contributed by atoms with Crippen LogP contribution in [0.4, 0.5) is 0 Å². The first-order valence-corrected chi connectivity index (χ1v) is 5.74. The van der Waals surface area contributed by atoms with Gasteiger partial charge in [-0.25, -0.2) is 0 Å². The van der Waals surface area contributed by atoms with E-state index in [4.69, 9.17) is 5.73 Å². The van der Waals surface area contributed by atoms with Crippen LogP contribution in [0.5, 0.6) is 0 Å². The van der Waals surface area contributed by atoms with Gasteiger partial charge in [-0.15, -0.1) is 0 Å². The Morgan fingerprint density at radius 2 is 2.41 bits per heavy atom. The second-order valence-electron chi connectivity index (χ2n) is 4.07. The number of nitrogens with one attached hydrogen (secondary N) is 1. The molecule has 0 saturated carbocycles. The molecule has 0 saturated heterocycles. The van der Waals surface area contributed by atoms with Crippen molar-refractivity contribution in [2.24, 2.45) is 12.8 Å². The predicted molar refractivity (Wildman–Crippen MR) is 66.3 cm³/mol. The van der Waals surface area contributed by atoms with Crippen molar-refractivity contribution < 1.29 is 4.79 Å². The van der Waals surface area contributed by atoms with Crippen LogP contribution in [0.2, 0.25) is 0 Å². The number of hydrogen-bond acceptors (Lipinski definition) is 4. The van der Waals surface area contributed by atoms with E-state index in [9.17, 15) is 4.79 Å². The van der Waals surface area contributed by atoms with Crippen molar-refractivity contribution in [3.05, 3.63) is 18.0 Å². The van der Waals surface area contributed by atoms with Gasteiger partial charge in [0.2, 0.25) is 5.91 Å². The van der Waals surface area contributed by atoms with Crippen LogP contribution in [-0.2, 0) is 11.8 Å². The van der Waals surface area contributed by atoms with Gasteiger partial charge in [0.05, 0.1) is 18.8 Å². The number of aryl methyl sites for hydroxylation is 1. The van der Waals surface area contributed by atoms with E-state index in [2.05, 4.69) is 10.4 Å². The molecule has 0 spiro atoms. The molecule has 0 fully saturated rings. The van der Waals surface area contributed by atoms with E-state index in [1.807, 2.05) is 32.1 Å². The molecule has 0 aliphatic carbocycles. The third-order valence-electron chi connectivity index (χ3n) is 2.63. The van der Waals surface area contributed by atoms with Crippen LogP contribution >= 0.6 is 0 Å². The van der Waals surface area contributed by atoms with E-state index >= 15 is 0 Å². The monoisotopic (exact) mass is 239 g/mol. The summed E-state index contributed by atoms with van der Waals surface area (Å²) in [6.45, 7) is 3.35. The summed E-state index contributed by atoms with van der Waals surface area (Å²) in [6.07, 6.45) is 3.71. The maximum atomic E-state index is 11.5. The van der Waals surface area contributed by atoms with E-state index in [1.165, 1.54) is 0 Å². The molecule has 1 aromatic rings. The Kier molecular flexibility index (Phi) is 5.11. The van der Waals surface area contributed by atoms with Gasteiger partial charge in [0.25, 0.3) is 0 Å². The standard InChI is InChI=1S/C11H21N5O/c1-4-13-11(17)8-15(2)10(5-12)9-6-14-16(3)7-9/h6-7,10H,4-5,8,12H2,1-3H3,(H,13,17). The van der Waals surface area contributed by atoms with Gasteiger partial charge in [-0.1, -0.05) is 0 Å². The van der Waals surface area contributed by atoms with Gasteiger partial charge in [0, 0.05) is 31.9 Å². The minimum Gasteiger partial charge on any atom is -0.355 e. The smallest absolute Gasteiger partial charge is 0.234 e. The largest absolute Gasteiger partial charge is 0.355 e. The van der Waals surface area contributed by atoms with Gasteiger partial charge in [-0.3, -0.25) is 14.4 Å². The highest BCUT2D eigenvalue weighted by molar-refractivity contribution is 5.77. The fraction of sp³-hybridized carbons (Fsp3) is 0.636. The first kappa shape index (κ1) is 13.7. The number of rotatable bonds is 6. The summed E-state index contributed by atoms with van der Waals surface area (Å²) in [5.41, 5.74) is 6.78. The Morgan fingerprint density at radius 3 is 2.88 bits per heavy atom. The zero-order chi connectivity index (χ0) is 12.8. The molecule has 3 N–H and O–H groups in total. The van der Waals surface area contributed by atoms with Crippen LogP contribution in [0, 0.1) is 0 Å². The first-order chi connectivity index (χ1) is 8.08. The van der Waals surface area contributed by atoms with Crippen LogP contribution in [0.3, 0.4) is 0 Å². The summed E-state index contributed by atoms with van der Waals surface area (Å²) in [7, 11) is 3.75. The van der Waals surface area contributed by atoms with E-state index in [0.29, 0.717) is 19.6 Å². The van der Waals surface area contributed by atoms with Gasteiger partial charge < -0.3 is 11.1 Å². The van der Waals surface area contributed by atoms with Gasteiger partial charge >= 0.3 is 0 Å². The molecule has 1 rings (SSSR count). The fourth-order valence-corrected chi connectivity index (χ4v) is 1.77. The highest BCUT2D eigenvalue weighted by atomic mass is 16.2.